The Kier molecular flexibility index (Phi) is 3.71. The second-order valence-electron chi connectivity index (χ2n) is 3.36. The predicted molar refractivity (Wildman–Crippen MR) is 76.6 cm³/mol. The molecule has 0 aliphatic rings. The van der Waals surface area contributed by atoms with Crippen LogP contribution in [0, 0.1) is 13.8 Å². The molecule has 0 aliphatic heterocycles. The van der Waals surface area contributed by atoms with E-state index in [0.29, 0.717) is 4.83 Å². The van der Waals surface area contributed by atoms with Crippen LogP contribution >= 0.6 is 54.5 Å². The molecule has 0 saturated heterocycles. The van der Waals surface area contributed by atoms with E-state index in [1.54, 1.807) is 11.3 Å². The van der Waals surface area contributed by atoms with Gasteiger partial charge in [0.15, 0.2) is 0 Å². The number of hydrogen-bond acceptors (Lipinski definition) is 2. The molecule has 15 heavy (non-hydrogen) atoms. The summed E-state index contributed by atoms with van der Waals surface area (Å²) in [7, 11) is 0. The summed E-state index contributed by atoms with van der Waals surface area (Å²) in [6.07, 6.45) is 0. The highest BCUT2D eigenvalue weighted by molar-refractivity contribution is 9.11. The fourth-order valence-corrected chi connectivity index (χ4v) is 5.59. The largest absolute Gasteiger partial charge is 0.146 e. The van der Waals surface area contributed by atoms with Crippen LogP contribution in [-0.2, 0) is 0 Å². The average Bonchev–Trinajstić information content (AvgIpc) is 2.71. The second-order valence-corrected chi connectivity index (χ2v) is 7.54. The Hall–Kier alpha value is 0.360. The number of thiophene rings is 2. The van der Waals surface area contributed by atoms with E-state index in [-0.39, 0.29) is 0 Å². The second kappa shape index (κ2) is 4.70. The van der Waals surface area contributed by atoms with Crippen molar-refractivity contribution < 1.29 is 0 Å². The maximum Gasteiger partial charge on any atom is 0.0760 e. The molecule has 1 atom stereocenters. The fraction of sp³-hybridized carbons (Fsp3) is 0.273. The summed E-state index contributed by atoms with van der Waals surface area (Å²) in [6.45, 7) is 4.34. The molecule has 0 radical (unpaired) electrons. The molecular weight excluding hydrogens is 356 g/mol. The summed E-state index contributed by atoms with van der Waals surface area (Å²) in [4.78, 5) is 4.43. The summed E-state index contributed by atoms with van der Waals surface area (Å²) in [6, 6.07) is 4.37. The Morgan fingerprint density at radius 1 is 1.33 bits per heavy atom. The molecule has 0 spiro atoms. The Labute approximate surface area is 115 Å². The van der Waals surface area contributed by atoms with Gasteiger partial charge in [-0.15, -0.1) is 22.7 Å². The molecule has 4 heteroatoms. The Balaban J connectivity index is 2.40. The molecule has 0 bridgehead atoms. The highest BCUT2D eigenvalue weighted by atomic mass is 79.9. The van der Waals surface area contributed by atoms with Crippen molar-refractivity contribution in [2.75, 3.05) is 0 Å². The minimum atomic E-state index is 0.317. The number of hydrogen-bond donors (Lipinski definition) is 0. The van der Waals surface area contributed by atoms with Gasteiger partial charge < -0.3 is 0 Å². The normalized spacial score (nSPS) is 13.1. The molecular formula is C11H10Br2S2. The van der Waals surface area contributed by atoms with E-state index in [9.17, 15) is 0 Å². The molecule has 2 aromatic heterocycles. The van der Waals surface area contributed by atoms with Gasteiger partial charge in [-0.25, -0.2) is 0 Å². The van der Waals surface area contributed by atoms with Crippen molar-refractivity contribution in [2.45, 2.75) is 18.7 Å². The summed E-state index contributed by atoms with van der Waals surface area (Å²) >= 11 is 11.0. The molecule has 80 valence electrons. The summed E-state index contributed by atoms with van der Waals surface area (Å²) in [5, 5.41) is 2.11. The van der Waals surface area contributed by atoms with Gasteiger partial charge >= 0.3 is 0 Å². The summed E-state index contributed by atoms with van der Waals surface area (Å²) < 4.78 is 1.19. The van der Waals surface area contributed by atoms with Crippen molar-refractivity contribution in [3.63, 3.8) is 0 Å². The molecule has 2 aromatic rings. The zero-order valence-electron chi connectivity index (χ0n) is 8.38. The van der Waals surface area contributed by atoms with Crippen LogP contribution in [0.1, 0.15) is 25.0 Å². The highest BCUT2D eigenvalue weighted by Gasteiger charge is 2.18. The lowest BCUT2D eigenvalue weighted by atomic mass is 10.1. The summed E-state index contributed by atoms with van der Waals surface area (Å²) in [5.41, 5.74) is 1.39. The third-order valence-corrected chi connectivity index (χ3v) is 6.40. The van der Waals surface area contributed by atoms with Gasteiger partial charge in [0.1, 0.15) is 0 Å². The molecule has 0 fully saturated rings. The van der Waals surface area contributed by atoms with E-state index in [2.05, 4.69) is 63.2 Å². The van der Waals surface area contributed by atoms with Gasteiger partial charge in [-0.3, -0.25) is 0 Å². The van der Waals surface area contributed by atoms with Crippen molar-refractivity contribution in [1.82, 2.24) is 0 Å². The Morgan fingerprint density at radius 3 is 2.53 bits per heavy atom. The Bertz CT molecular complexity index is 471. The minimum Gasteiger partial charge on any atom is -0.146 e. The first-order valence-corrected chi connectivity index (χ1v) is 7.94. The highest BCUT2D eigenvalue weighted by Crippen LogP contribution is 2.41. The van der Waals surface area contributed by atoms with Gasteiger partial charge in [-0.2, -0.15) is 0 Å². The first-order chi connectivity index (χ1) is 7.09. The maximum absolute atomic E-state index is 3.78. The third-order valence-electron chi connectivity index (χ3n) is 2.23. The lowest BCUT2D eigenvalue weighted by molar-refractivity contribution is 1.20. The van der Waals surface area contributed by atoms with Gasteiger partial charge in [0.05, 0.1) is 4.83 Å². The molecule has 0 aliphatic carbocycles. The van der Waals surface area contributed by atoms with Crippen molar-refractivity contribution in [1.29, 1.82) is 0 Å². The van der Waals surface area contributed by atoms with E-state index < -0.39 is 0 Å². The van der Waals surface area contributed by atoms with Crippen molar-refractivity contribution >= 4 is 54.5 Å². The van der Waals surface area contributed by atoms with Gasteiger partial charge in [0.25, 0.3) is 0 Å². The van der Waals surface area contributed by atoms with Crippen molar-refractivity contribution in [2.24, 2.45) is 0 Å². The van der Waals surface area contributed by atoms with Gasteiger partial charge in [-0.1, -0.05) is 15.9 Å². The van der Waals surface area contributed by atoms with Crippen molar-refractivity contribution in [3.8, 4) is 0 Å². The zero-order chi connectivity index (χ0) is 11.0. The molecule has 0 nitrogen and oxygen atoms in total. The molecule has 2 heterocycles. The molecule has 0 aromatic carbocycles. The quantitative estimate of drug-likeness (QED) is 0.601. The molecule has 0 N–H and O–H groups in total. The topological polar surface area (TPSA) is 0 Å². The van der Waals surface area contributed by atoms with E-state index in [1.807, 2.05) is 11.3 Å². The van der Waals surface area contributed by atoms with Crippen molar-refractivity contribution in [3.05, 3.63) is 42.2 Å². The maximum atomic E-state index is 3.78. The SMILES string of the molecule is Cc1cc(C(Br)c2sccc2Br)c(C)s1. The van der Waals surface area contributed by atoms with Crippen LogP contribution in [0.5, 0.6) is 0 Å². The number of aryl methyl sites for hydroxylation is 2. The number of alkyl halides is 1. The third kappa shape index (κ3) is 2.38. The molecule has 0 saturated carbocycles. The van der Waals surface area contributed by atoms with Crippen LogP contribution in [0.2, 0.25) is 0 Å². The lowest BCUT2D eigenvalue weighted by Crippen LogP contribution is -1.89. The monoisotopic (exact) mass is 364 g/mol. The van der Waals surface area contributed by atoms with E-state index in [1.165, 1.54) is 24.7 Å². The smallest absolute Gasteiger partial charge is 0.0760 e. The van der Waals surface area contributed by atoms with Gasteiger partial charge in [0.2, 0.25) is 0 Å². The fourth-order valence-electron chi connectivity index (χ4n) is 1.53. The van der Waals surface area contributed by atoms with Crippen LogP contribution in [0.15, 0.2) is 22.0 Å². The molecule has 1 unspecified atom stereocenters. The predicted octanol–water partition coefficient (Wildman–Crippen LogP) is 5.67. The van der Waals surface area contributed by atoms with E-state index in [4.69, 9.17) is 0 Å². The zero-order valence-corrected chi connectivity index (χ0v) is 13.2. The molecule has 0 amide bonds. The minimum absolute atomic E-state index is 0.317. The number of rotatable bonds is 2. The first-order valence-electron chi connectivity index (χ1n) is 4.53. The molecule has 2 rings (SSSR count). The van der Waals surface area contributed by atoms with E-state index >= 15 is 0 Å². The van der Waals surface area contributed by atoms with Crippen LogP contribution < -0.4 is 0 Å². The van der Waals surface area contributed by atoms with Crippen LogP contribution in [0.3, 0.4) is 0 Å². The van der Waals surface area contributed by atoms with E-state index in [0.717, 1.165) is 0 Å². The first kappa shape index (κ1) is 11.8. The van der Waals surface area contributed by atoms with Crippen LogP contribution in [0.4, 0.5) is 0 Å². The van der Waals surface area contributed by atoms with Gasteiger partial charge in [-0.05, 0) is 52.9 Å². The number of halogens is 2. The average molecular weight is 366 g/mol. The lowest BCUT2D eigenvalue weighted by Gasteiger charge is -2.07. The standard InChI is InChI=1S/C11H10Br2S2/c1-6-5-8(7(2)15-6)10(13)11-9(12)3-4-14-11/h3-5,10H,1-2H3. The van der Waals surface area contributed by atoms with Crippen LogP contribution in [0.25, 0.3) is 0 Å². The van der Waals surface area contributed by atoms with Crippen LogP contribution in [-0.4, -0.2) is 0 Å². The summed E-state index contributed by atoms with van der Waals surface area (Å²) in [5.74, 6) is 0. The van der Waals surface area contributed by atoms with Gasteiger partial charge in [0, 0.05) is 19.1 Å². The Morgan fingerprint density at radius 2 is 2.07 bits per heavy atom.